The van der Waals surface area contributed by atoms with Crippen LogP contribution in [0.15, 0.2) is 313 Å². The Balaban J connectivity index is 0.000000220. The quantitative estimate of drug-likeness (QED) is 0.0529. The van der Waals surface area contributed by atoms with Crippen LogP contribution in [0.1, 0.15) is 101 Å². The second kappa shape index (κ2) is 37.1. The van der Waals surface area contributed by atoms with Gasteiger partial charge in [-0.05, 0) is 106 Å². The molecule has 86 heavy (non-hydrogen) atoms. The van der Waals surface area contributed by atoms with Gasteiger partial charge in [0.25, 0.3) is 0 Å². The summed E-state index contributed by atoms with van der Waals surface area (Å²) in [5, 5.41) is 34.6. The van der Waals surface area contributed by atoms with Gasteiger partial charge in [-0.1, -0.05) is 285 Å². The molecule has 4 nitrogen and oxygen atoms in total. The van der Waals surface area contributed by atoms with E-state index in [1.807, 2.05) is 97.1 Å². The molecule has 0 radical (unpaired) electrons. The number of rotatable bonds is 12. The molecule has 0 N–H and O–H groups in total. The van der Waals surface area contributed by atoms with Crippen molar-refractivity contribution in [1.82, 2.24) is 0 Å². The summed E-state index contributed by atoms with van der Waals surface area (Å²) in [5.41, 5.74) is 6.19. The summed E-state index contributed by atoms with van der Waals surface area (Å²) >= 11 is 0. The maximum atomic E-state index is 13.1. The van der Waals surface area contributed by atoms with Crippen molar-refractivity contribution in [2.24, 2.45) is 9.98 Å². The van der Waals surface area contributed by atoms with Crippen molar-refractivity contribution in [3.8, 4) is 0 Å². The predicted molar refractivity (Wildman–Crippen MR) is 360 cm³/mol. The summed E-state index contributed by atoms with van der Waals surface area (Å²) in [5.74, 6) is 0.400. The van der Waals surface area contributed by atoms with Gasteiger partial charge < -0.3 is 10.2 Å². The normalized spacial score (nSPS) is 12.4. The van der Waals surface area contributed by atoms with E-state index in [9.17, 15) is 10.2 Å². The SMILES string of the molecule is CC(C)c1cccc(C(C)C)c1N=C1C=C([O-])C(=Nc2c(C(C)C)cccc2C(C)C)C=C1[O-].[Ni+2].[Ni+2].[c-]1ccccc1.[c-]1ccccc1.c1ccc(P(c2ccccc2)c2ccccc2)cc1.c1ccc(P(c2ccccc2)c2ccccc2)cc1. The van der Waals surface area contributed by atoms with Crippen molar-refractivity contribution in [2.75, 3.05) is 0 Å². The summed E-state index contributed by atoms with van der Waals surface area (Å²) in [6.45, 7) is 16.9. The van der Waals surface area contributed by atoms with Gasteiger partial charge in [0, 0.05) is 0 Å². The first kappa shape index (κ1) is 69.2. The molecule has 1 aliphatic carbocycles. The number of benzene rings is 10. The summed E-state index contributed by atoms with van der Waals surface area (Å²) in [4.78, 5) is 9.46. The fraction of sp³-hybridized carbons (Fsp3) is 0.154. The van der Waals surface area contributed by atoms with E-state index in [-0.39, 0.29) is 79.6 Å². The molecule has 440 valence electrons. The number of nitrogens with zero attached hydrogens (tertiary/aromatic N) is 2. The average Bonchev–Trinajstić information content (AvgIpc) is 3.18. The predicted octanol–water partition coefficient (Wildman–Crippen LogP) is 16.4. The Labute approximate surface area is 536 Å². The van der Waals surface area contributed by atoms with E-state index in [1.165, 1.54) is 44.0 Å². The van der Waals surface area contributed by atoms with Crippen LogP contribution in [-0.2, 0) is 33.0 Å². The van der Waals surface area contributed by atoms with Crippen molar-refractivity contribution in [1.29, 1.82) is 0 Å². The number of aliphatic imine (C=N–C) groups is 2. The van der Waals surface area contributed by atoms with Crippen molar-refractivity contribution in [3.63, 3.8) is 0 Å². The van der Waals surface area contributed by atoms with Crippen LogP contribution >= 0.6 is 15.8 Å². The van der Waals surface area contributed by atoms with Gasteiger partial charge in [0.15, 0.2) is 0 Å². The second-order valence-corrected chi connectivity index (χ2v) is 25.5. The second-order valence-electron chi connectivity index (χ2n) is 21.0. The van der Waals surface area contributed by atoms with Gasteiger partial charge in [-0.2, -0.15) is 72.8 Å². The molecule has 0 saturated carbocycles. The van der Waals surface area contributed by atoms with Crippen LogP contribution < -0.4 is 42.0 Å². The first-order valence-corrected chi connectivity index (χ1v) is 31.5. The molecule has 0 aromatic heterocycles. The first-order chi connectivity index (χ1) is 40.9. The maximum Gasteiger partial charge on any atom is 2.00 e. The van der Waals surface area contributed by atoms with Gasteiger partial charge in [-0.15, -0.1) is 0 Å². The zero-order chi connectivity index (χ0) is 59.5. The summed E-state index contributed by atoms with van der Waals surface area (Å²) < 4.78 is 0. The molecular weight excluding hydrogens is 1180 g/mol. The summed E-state index contributed by atoms with van der Waals surface area (Å²) in [6, 6.07) is 102. The van der Waals surface area contributed by atoms with E-state index in [2.05, 4.69) is 250 Å². The van der Waals surface area contributed by atoms with Crippen LogP contribution in [0.4, 0.5) is 11.4 Å². The van der Waals surface area contributed by atoms with Crippen LogP contribution in [0.25, 0.3) is 0 Å². The van der Waals surface area contributed by atoms with Crippen molar-refractivity contribution in [3.05, 3.63) is 337 Å². The number of allylic oxidation sites excluding steroid dienone is 2. The zero-order valence-electron chi connectivity index (χ0n) is 50.3. The maximum absolute atomic E-state index is 13.1. The molecule has 0 atom stereocenters. The number of para-hydroxylation sites is 2. The molecule has 11 rings (SSSR count). The first-order valence-electron chi connectivity index (χ1n) is 28.8. The van der Waals surface area contributed by atoms with Crippen LogP contribution in [0.2, 0.25) is 0 Å². The third-order valence-corrected chi connectivity index (χ3v) is 18.4. The molecule has 0 fully saturated rings. The smallest absolute Gasteiger partial charge is 0.871 e. The molecule has 0 spiro atoms. The average molecular weight is 1250 g/mol. The fourth-order valence-corrected chi connectivity index (χ4v) is 13.9. The Morgan fingerprint density at radius 3 is 0.640 bits per heavy atom. The molecule has 0 heterocycles. The number of hydrogen-bond acceptors (Lipinski definition) is 4. The van der Waals surface area contributed by atoms with Crippen LogP contribution in [0, 0.1) is 12.1 Å². The van der Waals surface area contributed by atoms with Gasteiger partial charge in [0.05, 0.1) is 22.8 Å². The Morgan fingerprint density at radius 2 is 0.477 bits per heavy atom. The Kier molecular flexibility index (Phi) is 29.9. The Bertz CT molecular complexity index is 3090. The van der Waals surface area contributed by atoms with E-state index < -0.39 is 15.8 Å². The van der Waals surface area contributed by atoms with Crippen molar-refractivity contribution < 1.29 is 43.2 Å². The zero-order valence-corrected chi connectivity index (χ0v) is 54.0. The third kappa shape index (κ3) is 20.9. The monoisotopic (exact) mass is 1250 g/mol. The standard InChI is InChI=1S/C30H38N2O2.2C18H15P.2C6H5.2Ni/c1-17(2)21-11-9-12-22(18(3)4)29(21)31-25-15-28(34)26(16-27(25)33)32-30-23(19(5)6)13-10-14-24(30)20(7)8;2*1-4-10-16(11-5-1)19(17-12-6-2-7-13-17)18-14-8-3-9-15-18;2*1-2-4-6-5-3-1;;/h9-20,33-34H,1-8H3;2*1-15H;2*1-5H;;/q;;;2*-1;2*+2/p-2. The van der Waals surface area contributed by atoms with E-state index >= 15 is 0 Å². The third-order valence-electron chi connectivity index (χ3n) is 13.5. The fourth-order valence-electron chi connectivity index (χ4n) is 9.28. The molecule has 0 bridgehead atoms. The topological polar surface area (TPSA) is 70.8 Å². The van der Waals surface area contributed by atoms with E-state index in [4.69, 9.17) is 9.98 Å². The minimum atomic E-state index is -0.446. The van der Waals surface area contributed by atoms with Gasteiger partial charge >= 0.3 is 33.0 Å². The molecule has 0 saturated heterocycles. The summed E-state index contributed by atoms with van der Waals surface area (Å²) in [7, 11) is -0.892. The minimum absolute atomic E-state index is 0. The number of hydrogen-bond donors (Lipinski definition) is 0. The Morgan fingerprint density at radius 1 is 0.279 bits per heavy atom. The van der Waals surface area contributed by atoms with E-state index in [0.717, 1.165) is 33.6 Å². The van der Waals surface area contributed by atoms with Gasteiger partial charge in [-0.3, -0.25) is 0 Å². The molecule has 8 heteroatoms. The molecule has 0 unspecified atom stereocenters. The summed E-state index contributed by atoms with van der Waals surface area (Å²) in [6.07, 6.45) is 2.69. The van der Waals surface area contributed by atoms with Crippen LogP contribution in [-0.4, -0.2) is 11.4 Å². The molecule has 0 amide bonds. The molecular formula is C78H76N2Ni2O2P2. The van der Waals surface area contributed by atoms with E-state index in [0.29, 0.717) is 0 Å². The van der Waals surface area contributed by atoms with Gasteiger partial charge in [0.2, 0.25) is 0 Å². The van der Waals surface area contributed by atoms with E-state index in [1.54, 1.807) is 0 Å². The minimum Gasteiger partial charge on any atom is -0.871 e. The van der Waals surface area contributed by atoms with Crippen LogP contribution in [0.5, 0.6) is 0 Å². The largest absolute Gasteiger partial charge is 2.00 e. The molecule has 10 aromatic rings. The molecule has 0 aliphatic heterocycles. The van der Waals surface area contributed by atoms with Crippen molar-refractivity contribution in [2.45, 2.75) is 79.1 Å². The molecule has 10 aromatic carbocycles. The van der Waals surface area contributed by atoms with Gasteiger partial charge in [-0.25, -0.2) is 9.98 Å². The van der Waals surface area contributed by atoms with Gasteiger partial charge in [0.1, 0.15) is 0 Å². The van der Waals surface area contributed by atoms with Crippen LogP contribution in [0.3, 0.4) is 0 Å². The molecule has 1 aliphatic rings. The van der Waals surface area contributed by atoms with Crippen molar-refractivity contribution >= 4 is 70.5 Å². The Hall–Kier alpha value is -7.53.